The number of aromatic nitrogens is 1. The zero-order valence-corrected chi connectivity index (χ0v) is 14.1. The van der Waals surface area contributed by atoms with E-state index in [1.165, 1.54) is 25.7 Å². The summed E-state index contributed by atoms with van der Waals surface area (Å²) >= 11 is 0. The van der Waals surface area contributed by atoms with Gasteiger partial charge in [0, 0.05) is 19.6 Å². The minimum absolute atomic E-state index is 0.517. The van der Waals surface area contributed by atoms with Crippen LogP contribution < -0.4 is 5.32 Å². The van der Waals surface area contributed by atoms with Crippen LogP contribution in [0.15, 0.2) is 9.41 Å². The summed E-state index contributed by atoms with van der Waals surface area (Å²) in [5, 5.41) is 3.43. The van der Waals surface area contributed by atoms with Crippen molar-refractivity contribution in [3.05, 3.63) is 17.3 Å². The molecule has 0 radical (unpaired) electrons. The molecule has 2 heterocycles. The van der Waals surface area contributed by atoms with Crippen molar-refractivity contribution in [2.24, 2.45) is 16.8 Å². The van der Waals surface area contributed by atoms with E-state index in [4.69, 9.17) is 9.41 Å². The van der Waals surface area contributed by atoms with Crippen molar-refractivity contribution in [2.45, 2.75) is 53.0 Å². The molecule has 1 saturated carbocycles. The van der Waals surface area contributed by atoms with E-state index in [1.807, 2.05) is 13.8 Å². The predicted octanol–water partition coefficient (Wildman–Crippen LogP) is 2.88. The van der Waals surface area contributed by atoms with Gasteiger partial charge < -0.3 is 14.6 Å². The average molecular weight is 304 g/mol. The van der Waals surface area contributed by atoms with Gasteiger partial charge in [0.05, 0.1) is 5.69 Å². The highest BCUT2D eigenvalue weighted by atomic mass is 16.4. The fraction of sp³-hybridized carbons (Fsp3) is 0.765. The van der Waals surface area contributed by atoms with E-state index in [2.05, 4.69) is 22.1 Å². The number of rotatable bonds is 3. The molecule has 0 amide bonds. The number of aryl methyl sites for hydroxylation is 2. The molecule has 1 aromatic rings. The quantitative estimate of drug-likeness (QED) is 0.689. The van der Waals surface area contributed by atoms with Gasteiger partial charge in [-0.2, -0.15) is 0 Å². The van der Waals surface area contributed by atoms with Gasteiger partial charge in [0.15, 0.2) is 5.96 Å². The van der Waals surface area contributed by atoms with E-state index >= 15 is 0 Å². The molecule has 122 valence electrons. The Kier molecular flexibility index (Phi) is 4.69. The average Bonchev–Trinajstić information content (AvgIpc) is 3.07. The Balaban J connectivity index is 1.68. The van der Waals surface area contributed by atoms with E-state index in [9.17, 15) is 0 Å². The molecule has 0 spiro atoms. The van der Waals surface area contributed by atoms with Crippen LogP contribution >= 0.6 is 0 Å². The van der Waals surface area contributed by atoms with Crippen LogP contribution in [0, 0.1) is 25.7 Å². The number of hydrogen-bond acceptors (Lipinski definition) is 3. The summed E-state index contributed by atoms with van der Waals surface area (Å²) in [4.78, 5) is 11.6. The number of oxazole rings is 1. The highest BCUT2D eigenvalue weighted by Gasteiger charge is 2.35. The first-order chi connectivity index (χ1) is 10.7. The Bertz CT molecular complexity index is 503. The molecular weight excluding hydrogens is 276 g/mol. The van der Waals surface area contributed by atoms with Crippen molar-refractivity contribution >= 4 is 5.96 Å². The van der Waals surface area contributed by atoms with Crippen molar-refractivity contribution in [1.82, 2.24) is 15.2 Å². The molecule has 5 heteroatoms. The smallest absolute Gasteiger partial charge is 0.216 e. The first kappa shape index (κ1) is 15.4. The van der Waals surface area contributed by atoms with Crippen LogP contribution in [-0.4, -0.2) is 35.5 Å². The molecular formula is C17H28N4O. The maximum Gasteiger partial charge on any atom is 0.216 e. The van der Waals surface area contributed by atoms with Gasteiger partial charge in [-0.3, -0.25) is 0 Å². The highest BCUT2D eigenvalue weighted by molar-refractivity contribution is 5.80. The number of likely N-dealkylation sites (tertiary alicyclic amines) is 1. The van der Waals surface area contributed by atoms with Crippen LogP contribution in [0.2, 0.25) is 0 Å². The third-order valence-electron chi connectivity index (χ3n) is 5.05. The number of guanidine groups is 1. The largest absolute Gasteiger partial charge is 0.444 e. The van der Waals surface area contributed by atoms with Gasteiger partial charge in [0.25, 0.3) is 0 Å². The number of nitrogens with one attached hydrogen (secondary N) is 1. The van der Waals surface area contributed by atoms with Crippen LogP contribution in [-0.2, 0) is 6.54 Å². The summed E-state index contributed by atoms with van der Waals surface area (Å²) in [6, 6.07) is 0. The summed E-state index contributed by atoms with van der Waals surface area (Å²) in [7, 11) is 0. The van der Waals surface area contributed by atoms with Gasteiger partial charge in [0.1, 0.15) is 12.3 Å². The van der Waals surface area contributed by atoms with Crippen molar-refractivity contribution in [2.75, 3.05) is 19.6 Å². The van der Waals surface area contributed by atoms with E-state index < -0.39 is 0 Å². The first-order valence-corrected chi connectivity index (χ1v) is 8.63. The molecule has 1 N–H and O–H groups in total. The zero-order valence-electron chi connectivity index (χ0n) is 14.1. The zero-order chi connectivity index (χ0) is 15.5. The van der Waals surface area contributed by atoms with Gasteiger partial charge in [-0.05, 0) is 45.4 Å². The number of fused-ring (bicyclic) bond motifs is 1. The Labute approximate surface area is 133 Å². The van der Waals surface area contributed by atoms with Crippen LogP contribution in [0.4, 0.5) is 0 Å². The molecule has 1 saturated heterocycles. The third kappa shape index (κ3) is 3.28. The molecule has 22 heavy (non-hydrogen) atoms. The van der Waals surface area contributed by atoms with Gasteiger partial charge >= 0.3 is 0 Å². The van der Waals surface area contributed by atoms with E-state index in [-0.39, 0.29) is 0 Å². The number of nitrogens with zero attached hydrogens (tertiary/aromatic N) is 3. The Morgan fingerprint density at radius 1 is 1.27 bits per heavy atom. The first-order valence-electron chi connectivity index (χ1n) is 8.63. The molecule has 2 atom stereocenters. The summed E-state index contributed by atoms with van der Waals surface area (Å²) in [5.41, 5.74) is 0.961. The second kappa shape index (κ2) is 6.71. The van der Waals surface area contributed by atoms with Crippen molar-refractivity contribution in [3.8, 4) is 0 Å². The van der Waals surface area contributed by atoms with Crippen molar-refractivity contribution in [3.63, 3.8) is 0 Å². The summed E-state index contributed by atoms with van der Waals surface area (Å²) in [5.74, 6) is 4.35. The SMILES string of the molecule is CCNC(=NCc1nc(C)c(C)o1)N1CC2CCCCC2C1. The molecule has 2 unspecified atom stereocenters. The fourth-order valence-corrected chi connectivity index (χ4v) is 3.75. The topological polar surface area (TPSA) is 53.7 Å². The second-order valence-electron chi connectivity index (χ2n) is 6.63. The fourth-order valence-electron chi connectivity index (χ4n) is 3.75. The van der Waals surface area contributed by atoms with E-state index in [1.54, 1.807) is 0 Å². The Hall–Kier alpha value is -1.52. The maximum absolute atomic E-state index is 5.64. The lowest BCUT2D eigenvalue weighted by atomic mass is 9.82. The molecule has 3 rings (SSSR count). The minimum Gasteiger partial charge on any atom is -0.444 e. The molecule has 0 bridgehead atoms. The maximum atomic E-state index is 5.64. The lowest BCUT2D eigenvalue weighted by Crippen LogP contribution is -2.40. The molecule has 1 aromatic heterocycles. The van der Waals surface area contributed by atoms with Crippen LogP contribution in [0.5, 0.6) is 0 Å². The standard InChI is InChI=1S/C17H28N4O/c1-4-18-17(19-9-16-20-12(2)13(3)22-16)21-10-14-7-5-6-8-15(14)11-21/h14-15H,4-11H2,1-3H3,(H,18,19). The molecule has 2 fully saturated rings. The molecule has 1 aliphatic heterocycles. The highest BCUT2D eigenvalue weighted by Crippen LogP contribution is 2.35. The van der Waals surface area contributed by atoms with Crippen molar-refractivity contribution in [1.29, 1.82) is 0 Å². The second-order valence-corrected chi connectivity index (χ2v) is 6.63. The summed E-state index contributed by atoms with van der Waals surface area (Å²) in [6.07, 6.45) is 5.58. The van der Waals surface area contributed by atoms with Gasteiger partial charge in [-0.15, -0.1) is 0 Å². The molecule has 5 nitrogen and oxygen atoms in total. The van der Waals surface area contributed by atoms with Gasteiger partial charge in [-0.1, -0.05) is 12.8 Å². The summed E-state index contributed by atoms with van der Waals surface area (Å²) in [6.45, 7) is 9.77. The van der Waals surface area contributed by atoms with Crippen LogP contribution in [0.25, 0.3) is 0 Å². The Morgan fingerprint density at radius 3 is 2.50 bits per heavy atom. The molecule has 2 aliphatic rings. The van der Waals surface area contributed by atoms with Crippen LogP contribution in [0.1, 0.15) is 50.0 Å². The minimum atomic E-state index is 0.517. The number of aliphatic imine (C=N–C) groups is 1. The third-order valence-corrected chi connectivity index (χ3v) is 5.05. The lowest BCUT2D eigenvalue weighted by Gasteiger charge is -2.22. The van der Waals surface area contributed by atoms with E-state index in [0.717, 1.165) is 48.9 Å². The summed E-state index contributed by atoms with van der Waals surface area (Å²) < 4.78 is 5.64. The molecule has 1 aliphatic carbocycles. The van der Waals surface area contributed by atoms with Gasteiger partial charge in [-0.25, -0.2) is 9.98 Å². The van der Waals surface area contributed by atoms with Crippen LogP contribution in [0.3, 0.4) is 0 Å². The van der Waals surface area contributed by atoms with Crippen molar-refractivity contribution < 1.29 is 4.42 Å². The number of hydrogen-bond donors (Lipinski definition) is 1. The lowest BCUT2D eigenvalue weighted by molar-refractivity contribution is 0.299. The normalized spacial score (nSPS) is 25.4. The Morgan fingerprint density at radius 2 is 1.95 bits per heavy atom. The monoisotopic (exact) mass is 304 g/mol. The molecule has 0 aromatic carbocycles. The van der Waals surface area contributed by atoms with E-state index in [0.29, 0.717) is 12.4 Å². The predicted molar refractivity (Wildman–Crippen MR) is 87.8 cm³/mol. The van der Waals surface area contributed by atoms with Gasteiger partial charge in [0.2, 0.25) is 5.89 Å².